The molecule has 0 spiro atoms. The molecule has 0 aliphatic carbocycles. The van der Waals surface area contributed by atoms with Gasteiger partial charge in [0.05, 0.1) is 20.3 Å². The average molecular weight is 499 g/mol. The third-order valence-electron chi connectivity index (χ3n) is 5.29. The van der Waals surface area contributed by atoms with Gasteiger partial charge in [0.15, 0.2) is 11.5 Å². The molecule has 0 bridgehead atoms. The summed E-state index contributed by atoms with van der Waals surface area (Å²) in [6.45, 7) is -0.179. The van der Waals surface area contributed by atoms with Gasteiger partial charge in [0.25, 0.3) is 5.91 Å². The molecular weight excluding hydrogens is 479 g/mol. The van der Waals surface area contributed by atoms with Crippen LogP contribution in [0.2, 0.25) is 0 Å². The number of anilines is 1. The molecule has 1 N–H and O–H groups in total. The fourth-order valence-electron chi connectivity index (χ4n) is 3.81. The number of nitrogens with one attached hydrogen (secondary N) is 1. The Hall–Kier alpha value is -3.39. The van der Waals surface area contributed by atoms with Crippen LogP contribution in [-0.2, 0) is 4.79 Å². The summed E-state index contributed by atoms with van der Waals surface area (Å²) in [4.78, 5) is 27.9. The molecule has 0 radical (unpaired) electrons. The second-order valence-corrected chi connectivity index (χ2v) is 8.15. The summed E-state index contributed by atoms with van der Waals surface area (Å²) in [7, 11) is 3.00. The predicted octanol–water partition coefficient (Wildman–Crippen LogP) is 4.79. The van der Waals surface area contributed by atoms with E-state index in [2.05, 4.69) is 21.2 Å². The van der Waals surface area contributed by atoms with Crippen LogP contribution in [0.5, 0.6) is 11.5 Å². The summed E-state index contributed by atoms with van der Waals surface area (Å²) in [5, 5.41) is 2.87. The number of benzene rings is 3. The van der Waals surface area contributed by atoms with Crippen LogP contribution in [0.3, 0.4) is 0 Å². The highest BCUT2D eigenvalue weighted by atomic mass is 79.9. The monoisotopic (exact) mass is 498 g/mol. The van der Waals surface area contributed by atoms with E-state index in [0.717, 1.165) is 4.47 Å². The number of carbonyl (C=O) groups excluding carboxylic acids is 2. The van der Waals surface area contributed by atoms with Crippen molar-refractivity contribution in [1.29, 1.82) is 0 Å². The molecule has 0 saturated carbocycles. The number of nitrogens with zero attached hydrogens (tertiary/aromatic N) is 1. The van der Waals surface area contributed by atoms with Crippen molar-refractivity contribution in [2.75, 3.05) is 26.1 Å². The SMILES string of the molecule is COc1ccc(C(=O)N2CC(=O)Nc3ccc(Br)cc3[C@@H]2c2ccc(F)cc2)cc1OC. The van der Waals surface area contributed by atoms with Crippen LogP contribution in [0.25, 0.3) is 0 Å². The zero-order chi connectivity index (χ0) is 22.8. The Labute approximate surface area is 193 Å². The van der Waals surface area contributed by atoms with Crippen molar-refractivity contribution in [2.24, 2.45) is 0 Å². The molecule has 164 valence electrons. The molecule has 4 rings (SSSR count). The Balaban J connectivity index is 1.87. The normalized spacial score (nSPS) is 15.4. The first-order valence-electron chi connectivity index (χ1n) is 9.79. The van der Waals surface area contributed by atoms with E-state index in [-0.39, 0.29) is 24.2 Å². The van der Waals surface area contributed by atoms with Crippen molar-refractivity contribution >= 4 is 33.4 Å². The van der Waals surface area contributed by atoms with Crippen molar-refractivity contribution < 1.29 is 23.5 Å². The van der Waals surface area contributed by atoms with Gasteiger partial charge >= 0.3 is 0 Å². The first-order valence-corrected chi connectivity index (χ1v) is 10.6. The Kier molecular flexibility index (Phi) is 6.14. The molecule has 0 unspecified atom stereocenters. The third kappa shape index (κ3) is 4.18. The highest BCUT2D eigenvalue weighted by Crippen LogP contribution is 2.38. The molecule has 3 aromatic rings. The fourth-order valence-corrected chi connectivity index (χ4v) is 4.18. The molecule has 2 amide bonds. The molecule has 6 nitrogen and oxygen atoms in total. The lowest BCUT2D eigenvalue weighted by atomic mass is 9.95. The maximum absolute atomic E-state index is 13.7. The van der Waals surface area contributed by atoms with Gasteiger partial charge in [-0.15, -0.1) is 0 Å². The predicted molar refractivity (Wildman–Crippen MR) is 122 cm³/mol. The summed E-state index contributed by atoms with van der Waals surface area (Å²) >= 11 is 3.47. The second-order valence-electron chi connectivity index (χ2n) is 7.24. The standard InChI is InChI=1S/C24H20BrFN2O4/c1-31-20-10-5-15(11-21(20)32-2)24(30)28-13-22(29)27-19-9-6-16(25)12-18(19)23(28)14-3-7-17(26)8-4-14/h3-12,23H,13H2,1-2H3,(H,27,29)/t23-/m0/s1. The zero-order valence-corrected chi connectivity index (χ0v) is 19.0. The Morgan fingerprint density at radius 1 is 1.03 bits per heavy atom. The van der Waals surface area contributed by atoms with E-state index < -0.39 is 6.04 Å². The van der Waals surface area contributed by atoms with Gasteiger partial charge in [-0.05, 0) is 54.1 Å². The molecular formula is C24H20BrFN2O4. The highest BCUT2D eigenvalue weighted by molar-refractivity contribution is 9.10. The van der Waals surface area contributed by atoms with E-state index in [9.17, 15) is 14.0 Å². The Morgan fingerprint density at radius 2 is 1.75 bits per heavy atom. The number of ether oxygens (including phenoxy) is 2. The number of hydrogen-bond acceptors (Lipinski definition) is 4. The van der Waals surface area contributed by atoms with Crippen molar-refractivity contribution in [2.45, 2.75) is 6.04 Å². The molecule has 1 aliphatic rings. The highest BCUT2D eigenvalue weighted by Gasteiger charge is 2.34. The number of amides is 2. The van der Waals surface area contributed by atoms with E-state index in [1.165, 1.54) is 31.3 Å². The first kappa shape index (κ1) is 21.8. The molecule has 0 fully saturated rings. The number of rotatable bonds is 4. The summed E-state index contributed by atoms with van der Waals surface area (Å²) < 4.78 is 25.0. The molecule has 3 aromatic carbocycles. The minimum absolute atomic E-state index is 0.179. The van der Waals surface area contributed by atoms with Crippen LogP contribution in [0.4, 0.5) is 10.1 Å². The van der Waals surface area contributed by atoms with E-state index in [4.69, 9.17) is 9.47 Å². The largest absolute Gasteiger partial charge is 0.493 e. The lowest BCUT2D eigenvalue weighted by Crippen LogP contribution is -2.39. The van der Waals surface area contributed by atoms with Gasteiger partial charge in [0.1, 0.15) is 12.4 Å². The van der Waals surface area contributed by atoms with Crippen LogP contribution < -0.4 is 14.8 Å². The van der Waals surface area contributed by atoms with E-state index in [1.807, 2.05) is 12.1 Å². The Morgan fingerprint density at radius 3 is 2.44 bits per heavy atom. The maximum Gasteiger partial charge on any atom is 0.255 e. The fraction of sp³-hybridized carbons (Fsp3) is 0.167. The van der Waals surface area contributed by atoms with Crippen molar-refractivity contribution in [3.63, 3.8) is 0 Å². The minimum atomic E-state index is -0.623. The van der Waals surface area contributed by atoms with Gasteiger partial charge < -0.3 is 19.7 Å². The lowest BCUT2D eigenvalue weighted by Gasteiger charge is -2.31. The van der Waals surface area contributed by atoms with Gasteiger partial charge in [-0.2, -0.15) is 0 Å². The number of halogens is 2. The van der Waals surface area contributed by atoms with Crippen LogP contribution in [-0.4, -0.2) is 37.5 Å². The molecule has 0 aromatic heterocycles. The van der Waals surface area contributed by atoms with Crippen molar-refractivity contribution in [3.05, 3.63) is 87.6 Å². The minimum Gasteiger partial charge on any atom is -0.493 e. The third-order valence-corrected chi connectivity index (χ3v) is 5.78. The lowest BCUT2D eigenvalue weighted by molar-refractivity contribution is -0.117. The Bertz CT molecular complexity index is 1180. The van der Waals surface area contributed by atoms with Crippen LogP contribution in [0.1, 0.15) is 27.5 Å². The number of methoxy groups -OCH3 is 2. The van der Waals surface area contributed by atoms with Crippen molar-refractivity contribution in [3.8, 4) is 11.5 Å². The van der Waals surface area contributed by atoms with E-state index in [0.29, 0.717) is 33.9 Å². The van der Waals surface area contributed by atoms with Crippen LogP contribution in [0, 0.1) is 5.82 Å². The molecule has 8 heteroatoms. The maximum atomic E-state index is 13.7. The van der Waals surface area contributed by atoms with Crippen LogP contribution in [0.15, 0.2) is 65.1 Å². The molecule has 1 atom stereocenters. The van der Waals surface area contributed by atoms with Gasteiger partial charge in [-0.1, -0.05) is 28.1 Å². The molecule has 32 heavy (non-hydrogen) atoms. The first-order chi connectivity index (χ1) is 15.4. The van der Waals surface area contributed by atoms with Crippen LogP contribution >= 0.6 is 15.9 Å². The molecule has 1 aliphatic heterocycles. The quantitative estimate of drug-likeness (QED) is 0.561. The smallest absolute Gasteiger partial charge is 0.255 e. The van der Waals surface area contributed by atoms with Gasteiger partial charge in [-0.25, -0.2) is 4.39 Å². The zero-order valence-electron chi connectivity index (χ0n) is 17.4. The summed E-state index contributed by atoms with van der Waals surface area (Å²) in [6, 6.07) is 15.6. The number of hydrogen-bond donors (Lipinski definition) is 1. The van der Waals surface area contributed by atoms with E-state index in [1.54, 1.807) is 36.4 Å². The number of fused-ring (bicyclic) bond motifs is 1. The van der Waals surface area contributed by atoms with Gasteiger partial charge in [-0.3, -0.25) is 9.59 Å². The van der Waals surface area contributed by atoms with E-state index >= 15 is 0 Å². The topological polar surface area (TPSA) is 67.9 Å². The van der Waals surface area contributed by atoms with Crippen molar-refractivity contribution in [1.82, 2.24) is 4.90 Å². The van der Waals surface area contributed by atoms with Gasteiger partial charge in [0.2, 0.25) is 5.91 Å². The second kappa shape index (κ2) is 9.00. The summed E-state index contributed by atoms with van der Waals surface area (Å²) in [5.74, 6) is -0.194. The summed E-state index contributed by atoms with van der Waals surface area (Å²) in [6.07, 6.45) is 0. The molecule has 0 saturated heterocycles. The molecule has 1 heterocycles. The van der Waals surface area contributed by atoms with Gasteiger partial charge in [0, 0.05) is 21.3 Å². The number of carbonyl (C=O) groups is 2. The average Bonchev–Trinajstić information content (AvgIpc) is 2.94. The summed E-state index contributed by atoms with van der Waals surface area (Å²) in [5.41, 5.74) is 2.32.